The second-order valence-corrected chi connectivity index (χ2v) is 5.92. The van der Waals surface area contributed by atoms with E-state index in [2.05, 4.69) is 27.7 Å². The first kappa shape index (κ1) is 21.1. The van der Waals surface area contributed by atoms with Crippen LogP contribution in [0.2, 0.25) is 0 Å². The zero-order valence-electron chi connectivity index (χ0n) is 15.5. The van der Waals surface area contributed by atoms with Crippen LogP contribution in [0.5, 0.6) is 0 Å². The van der Waals surface area contributed by atoms with Crippen LogP contribution < -0.4 is 0 Å². The van der Waals surface area contributed by atoms with Crippen molar-refractivity contribution in [3.63, 3.8) is 0 Å². The van der Waals surface area contributed by atoms with Crippen molar-refractivity contribution in [2.45, 2.75) is 91.9 Å². The van der Waals surface area contributed by atoms with E-state index in [0.717, 1.165) is 38.9 Å². The Morgan fingerprint density at radius 1 is 0.636 bits per heavy atom. The molecule has 0 rings (SSSR count). The summed E-state index contributed by atoms with van der Waals surface area (Å²) in [6, 6.07) is 0. The number of allylic oxidation sites excluding steroid dienone is 2. The van der Waals surface area contributed by atoms with Gasteiger partial charge in [-0.3, -0.25) is 0 Å². The van der Waals surface area contributed by atoms with Crippen LogP contribution in [0.3, 0.4) is 0 Å². The molecule has 22 heavy (non-hydrogen) atoms. The molecule has 0 aliphatic carbocycles. The second kappa shape index (κ2) is 16.5. The molecule has 0 atom stereocenters. The Balaban J connectivity index is 3.63. The van der Waals surface area contributed by atoms with Gasteiger partial charge in [-0.1, -0.05) is 40.5 Å². The maximum atomic E-state index is 5.65. The lowest BCUT2D eigenvalue weighted by atomic mass is 10.1. The predicted molar refractivity (Wildman–Crippen MR) is 96.9 cm³/mol. The summed E-state index contributed by atoms with van der Waals surface area (Å²) in [6.07, 6.45) is 15.7. The molecule has 2 heteroatoms. The van der Waals surface area contributed by atoms with Crippen molar-refractivity contribution in [3.8, 4) is 0 Å². The van der Waals surface area contributed by atoms with E-state index in [1.54, 1.807) is 0 Å². The molecule has 0 aromatic rings. The predicted octanol–water partition coefficient (Wildman–Crippen LogP) is 6.77. The van der Waals surface area contributed by atoms with Crippen LogP contribution in [-0.4, -0.2) is 13.2 Å². The van der Waals surface area contributed by atoms with E-state index < -0.39 is 0 Å². The van der Waals surface area contributed by atoms with Crippen molar-refractivity contribution in [2.75, 3.05) is 13.2 Å². The smallest absolute Gasteiger partial charge is 0.0874 e. The van der Waals surface area contributed by atoms with Crippen LogP contribution in [0.15, 0.2) is 23.7 Å². The average Bonchev–Trinajstić information content (AvgIpc) is 2.55. The minimum absolute atomic E-state index is 0.805. The highest BCUT2D eigenvalue weighted by Gasteiger charge is 1.96. The van der Waals surface area contributed by atoms with Gasteiger partial charge < -0.3 is 9.47 Å². The van der Waals surface area contributed by atoms with Crippen molar-refractivity contribution in [2.24, 2.45) is 0 Å². The lowest BCUT2D eigenvalue weighted by molar-refractivity contribution is 0.201. The minimum Gasteiger partial charge on any atom is -0.501 e. The second-order valence-electron chi connectivity index (χ2n) is 5.92. The number of hydrogen-bond donors (Lipinski definition) is 0. The van der Waals surface area contributed by atoms with Gasteiger partial charge in [0, 0.05) is 0 Å². The summed E-state index contributed by atoms with van der Waals surface area (Å²) < 4.78 is 11.3. The third-order valence-electron chi connectivity index (χ3n) is 3.89. The van der Waals surface area contributed by atoms with Crippen LogP contribution in [0.25, 0.3) is 0 Å². The van der Waals surface area contributed by atoms with Crippen molar-refractivity contribution >= 4 is 0 Å². The van der Waals surface area contributed by atoms with Crippen molar-refractivity contribution < 1.29 is 9.47 Å². The van der Waals surface area contributed by atoms with E-state index in [1.165, 1.54) is 49.7 Å². The zero-order chi connectivity index (χ0) is 16.5. The molecule has 0 aromatic carbocycles. The normalized spacial score (nSPS) is 12.5. The number of hydrogen-bond acceptors (Lipinski definition) is 2. The Morgan fingerprint density at radius 3 is 1.36 bits per heavy atom. The quantitative estimate of drug-likeness (QED) is 0.245. The van der Waals surface area contributed by atoms with Gasteiger partial charge in [0.15, 0.2) is 0 Å². The van der Waals surface area contributed by atoms with Gasteiger partial charge in [0.05, 0.1) is 25.7 Å². The molecule has 0 saturated carbocycles. The molecule has 130 valence electrons. The molecular weight excluding hydrogens is 272 g/mol. The largest absolute Gasteiger partial charge is 0.501 e. The molecule has 0 bridgehead atoms. The van der Waals surface area contributed by atoms with Gasteiger partial charge in [0.25, 0.3) is 0 Å². The highest BCUT2D eigenvalue weighted by molar-refractivity contribution is 4.97. The fourth-order valence-electron chi connectivity index (χ4n) is 2.17. The summed E-state index contributed by atoms with van der Waals surface area (Å²) in [6.45, 7) is 10.5. The monoisotopic (exact) mass is 310 g/mol. The molecule has 0 unspecified atom stereocenters. The first-order valence-corrected chi connectivity index (χ1v) is 9.37. The summed E-state index contributed by atoms with van der Waals surface area (Å²) in [5, 5.41) is 0. The maximum Gasteiger partial charge on any atom is 0.0874 e. The van der Waals surface area contributed by atoms with Gasteiger partial charge in [-0.15, -0.1) is 0 Å². The van der Waals surface area contributed by atoms with E-state index in [1.807, 2.05) is 12.5 Å². The topological polar surface area (TPSA) is 18.5 Å². The highest BCUT2D eigenvalue weighted by atomic mass is 16.5. The van der Waals surface area contributed by atoms with Crippen LogP contribution in [-0.2, 0) is 9.47 Å². The third-order valence-corrected chi connectivity index (χ3v) is 3.89. The molecule has 2 nitrogen and oxygen atoms in total. The van der Waals surface area contributed by atoms with E-state index in [0.29, 0.717) is 0 Å². The van der Waals surface area contributed by atoms with Gasteiger partial charge >= 0.3 is 0 Å². The molecule has 0 aromatic heterocycles. The van der Waals surface area contributed by atoms with Crippen LogP contribution in [0.1, 0.15) is 91.9 Å². The van der Waals surface area contributed by atoms with Crippen molar-refractivity contribution in [3.05, 3.63) is 23.7 Å². The van der Waals surface area contributed by atoms with Gasteiger partial charge in [-0.05, 0) is 62.5 Å². The van der Waals surface area contributed by atoms with Gasteiger partial charge in [0.2, 0.25) is 0 Å². The average molecular weight is 311 g/mol. The summed E-state index contributed by atoms with van der Waals surface area (Å²) in [4.78, 5) is 0. The zero-order valence-corrected chi connectivity index (χ0v) is 15.5. The Bertz CT molecular complexity index is 262. The Labute approximate surface area is 139 Å². The Morgan fingerprint density at radius 2 is 1.05 bits per heavy atom. The molecule has 0 spiro atoms. The lowest BCUT2D eigenvalue weighted by Gasteiger charge is -2.07. The number of rotatable bonds is 15. The van der Waals surface area contributed by atoms with Gasteiger partial charge in [-0.2, -0.15) is 0 Å². The van der Waals surface area contributed by atoms with Crippen LogP contribution in [0.4, 0.5) is 0 Å². The lowest BCUT2D eigenvalue weighted by Crippen LogP contribution is -1.95. The van der Waals surface area contributed by atoms with Gasteiger partial charge in [0.1, 0.15) is 0 Å². The van der Waals surface area contributed by atoms with E-state index in [-0.39, 0.29) is 0 Å². The van der Waals surface area contributed by atoms with Crippen LogP contribution in [0, 0.1) is 0 Å². The fourth-order valence-corrected chi connectivity index (χ4v) is 2.17. The Kier molecular flexibility index (Phi) is 15.8. The van der Waals surface area contributed by atoms with Crippen molar-refractivity contribution in [1.29, 1.82) is 0 Å². The summed E-state index contributed by atoms with van der Waals surface area (Å²) in [5.41, 5.74) is 2.87. The molecule has 0 N–H and O–H groups in total. The van der Waals surface area contributed by atoms with E-state index >= 15 is 0 Å². The fraction of sp³-hybridized carbons (Fsp3) is 0.800. The first-order valence-electron chi connectivity index (χ1n) is 9.37. The molecule has 0 amide bonds. The molecule has 0 heterocycles. The SMILES string of the molecule is CCCCC(=COCCCCOC=C(CC)CCCC)CC. The molecule has 0 radical (unpaired) electrons. The van der Waals surface area contributed by atoms with Crippen LogP contribution >= 0.6 is 0 Å². The number of ether oxygens (including phenoxy) is 2. The van der Waals surface area contributed by atoms with E-state index in [9.17, 15) is 0 Å². The molecule has 0 saturated heterocycles. The standard InChI is InChI=1S/C20H38O2/c1-5-9-13-19(7-3)17-21-15-11-12-16-22-18-20(8-4)14-10-6-2/h17-18H,5-16H2,1-4H3. The summed E-state index contributed by atoms with van der Waals surface area (Å²) in [7, 11) is 0. The number of unbranched alkanes of at least 4 members (excludes halogenated alkanes) is 3. The minimum atomic E-state index is 0.805. The van der Waals surface area contributed by atoms with Crippen molar-refractivity contribution in [1.82, 2.24) is 0 Å². The summed E-state index contributed by atoms with van der Waals surface area (Å²) in [5.74, 6) is 0. The van der Waals surface area contributed by atoms with E-state index in [4.69, 9.17) is 9.47 Å². The summed E-state index contributed by atoms with van der Waals surface area (Å²) >= 11 is 0. The van der Waals surface area contributed by atoms with Gasteiger partial charge in [-0.25, -0.2) is 0 Å². The maximum absolute atomic E-state index is 5.65. The molecule has 0 aliphatic heterocycles. The molecule has 0 fully saturated rings. The molecular formula is C20H38O2. The Hall–Kier alpha value is -0.920. The molecule has 0 aliphatic rings. The third kappa shape index (κ3) is 12.8. The first-order chi connectivity index (χ1) is 10.8. The highest BCUT2D eigenvalue weighted by Crippen LogP contribution is 2.12.